The summed E-state index contributed by atoms with van der Waals surface area (Å²) < 4.78 is 2.06. The minimum atomic E-state index is 0.717. The molecule has 0 bridgehead atoms. The number of rotatable bonds is 1. The lowest BCUT2D eigenvalue weighted by Gasteiger charge is -2.02. The second-order valence-electron chi connectivity index (χ2n) is 3.82. The summed E-state index contributed by atoms with van der Waals surface area (Å²) in [4.78, 5) is 4.07. The van der Waals surface area contributed by atoms with E-state index in [1.807, 2.05) is 48.7 Å². The van der Waals surface area contributed by atoms with Gasteiger partial charge in [-0.15, -0.1) is 0 Å². The summed E-state index contributed by atoms with van der Waals surface area (Å²) in [6.07, 6.45) is 2.00. The van der Waals surface area contributed by atoms with Gasteiger partial charge in [-0.05, 0) is 24.9 Å². The predicted octanol–water partition coefficient (Wildman–Crippen LogP) is 3.56. The number of aromatic nitrogens is 1. The molecule has 82 valence electrons. The first-order valence-electron chi connectivity index (χ1n) is 5.29. The highest BCUT2D eigenvalue weighted by atomic mass is 35.5. The molecule has 0 saturated heterocycles. The molecule has 0 atom stereocenters. The lowest BCUT2D eigenvalue weighted by molar-refractivity contribution is -0.481. The van der Waals surface area contributed by atoms with Crippen molar-refractivity contribution >= 4 is 40.4 Å². The highest BCUT2D eigenvalue weighted by molar-refractivity contribution is 6.35. The van der Waals surface area contributed by atoms with E-state index < -0.39 is 0 Å². The first-order valence-corrected chi connectivity index (χ1v) is 5.67. The third-order valence-electron chi connectivity index (χ3n) is 2.85. The van der Waals surface area contributed by atoms with Gasteiger partial charge in [-0.2, -0.15) is 4.40 Å². The Morgan fingerprint density at radius 3 is 2.82 bits per heavy atom. The van der Waals surface area contributed by atoms with Gasteiger partial charge in [0.05, 0.1) is 11.1 Å². The van der Waals surface area contributed by atoms with Crippen LogP contribution in [0.2, 0.25) is 5.02 Å². The zero-order valence-electron chi connectivity index (χ0n) is 9.10. The molecule has 0 amide bonds. The van der Waals surface area contributed by atoms with Crippen molar-refractivity contribution in [1.82, 2.24) is 0 Å². The number of hydrogen-bond donors (Lipinski definition) is 0. The van der Waals surface area contributed by atoms with Crippen LogP contribution in [0.25, 0.3) is 16.4 Å². The van der Waals surface area contributed by atoms with Gasteiger partial charge in [-0.25, -0.2) is 0 Å². The Labute approximate surface area is 104 Å². The van der Waals surface area contributed by atoms with Crippen LogP contribution in [0.4, 0.5) is 5.69 Å². The fourth-order valence-electron chi connectivity index (χ4n) is 2.09. The molecule has 2 aromatic heterocycles. The van der Waals surface area contributed by atoms with Crippen molar-refractivity contribution in [3.8, 4) is 0 Å². The summed E-state index contributed by atoms with van der Waals surface area (Å²) in [5.74, 6) is 0. The van der Waals surface area contributed by atoms with Crippen molar-refractivity contribution in [3.05, 3.63) is 53.7 Å². The van der Waals surface area contributed by atoms with Gasteiger partial charge < -0.3 is 0 Å². The molecule has 3 aromatic rings. The maximum atomic E-state index is 6.28. The summed E-state index contributed by atoms with van der Waals surface area (Å²) in [7, 11) is 0. The molecular formula is C14H10ClN2+. The first-order chi connectivity index (χ1) is 8.31. The van der Waals surface area contributed by atoms with Gasteiger partial charge in [0.1, 0.15) is 5.02 Å². The van der Waals surface area contributed by atoms with Crippen LogP contribution in [0.5, 0.6) is 0 Å². The van der Waals surface area contributed by atoms with Crippen molar-refractivity contribution in [3.63, 3.8) is 0 Å². The van der Waals surface area contributed by atoms with Crippen LogP contribution >= 0.6 is 11.6 Å². The Bertz CT molecular complexity index is 735. The Morgan fingerprint density at radius 2 is 2.00 bits per heavy atom. The fourth-order valence-corrected chi connectivity index (χ4v) is 2.36. The highest BCUT2D eigenvalue weighted by Gasteiger charge is 2.15. The number of fused-ring (bicyclic) bond motifs is 3. The van der Waals surface area contributed by atoms with Crippen molar-refractivity contribution in [2.45, 2.75) is 0 Å². The van der Waals surface area contributed by atoms with Crippen LogP contribution in [-0.2, 0) is 0 Å². The molecular weight excluding hydrogens is 232 g/mol. The van der Waals surface area contributed by atoms with Crippen LogP contribution in [-0.4, -0.2) is 6.72 Å². The van der Waals surface area contributed by atoms with Crippen LogP contribution in [0.3, 0.4) is 0 Å². The molecule has 2 nitrogen and oxygen atoms in total. The first kappa shape index (κ1) is 10.2. The Morgan fingerprint density at radius 1 is 1.12 bits per heavy atom. The number of aliphatic imine (C=N–C) groups is 1. The summed E-state index contributed by atoms with van der Waals surface area (Å²) in [5, 5.41) is 1.73. The zero-order chi connectivity index (χ0) is 11.8. The van der Waals surface area contributed by atoms with Gasteiger partial charge in [-0.1, -0.05) is 17.7 Å². The van der Waals surface area contributed by atoms with Crippen molar-refractivity contribution in [1.29, 1.82) is 0 Å². The van der Waals surface area contributed by atoms with Gasteiger partial charge >= 0.3 is 0 Å². The Kier molecular flexibility index (Phi) is 2.30. The van der Waals surface area contributed by atoms with E-state index in [1.165, 1.54) is 0 Å². The molecule has 0 saturated carbocycles. The molecule has 1 aromatic carbocycles. The molecule has 17 heavy (non-hydrogen) atoms. The minimum Gasteiger partial charge on any atom is -0.264 e. The van der Waals surface area contributed by atoms with Gasteiger partial charge in [0.15, 0.2) is 6.20 Å². The smallest absolute Gasteiger partial charge is 0.239 e. The van der Waals surface area contributed by atoms with Crippen LogP contribution in [0, 0.1) is 0 Å². The topological polar surface area (TPSA) is 16.5 Å². The lowest BCUT2D eigenvalue weighted by Crippen LogP contribution is -2.22. The fraction of sp³-hybridized carbons (Fsp3) is 0. The monoisotopic (exact) mass is 241 g/mol. The van der Waals surface area contributed by atoms with Crippen molar-refractivity contribution in [2.75, 3.05) is 0 Å². The third-order valence-corrected chi connectivity index (χ3v) is 3.15. The molecule has 2 heterocycles. The van der Waals surface area contributed by atoms with Crippen molar-refractivity contribution in [2.24, 2.45) is 4.99 Å². The SMILES string of the molecule is C=Nc1cc2cccc[n+]2c2c(Cl)cccc12. The minimum absolute atomic E-state index is 0.717. The molecule has 3 heteroatoms. The van der Waals surface area contributed by atoms with E-state index in [0.29, 0.717) is 5.02 Å². The Balaban J connectivity index is 2.66. The van der Waals surface area contributed by atoms with Gasteiger partial charge in [-0.3, -0.25) is 4.99 Å². The average Bonchev–Trinajstić information content (AvgIpc) is 2.38. The summed E-state index contributed by atoms with van der Waals surface area (Å²) >= 11 is 6.28. The number of benzene rings is 1. The second-order valence-corrected chi connectivity index (χ2v) is 4.23. The molecule has 0 spiro atoms. The van der Waals surface area contributed by atoms with E-state index >= 15 is 0 Å². The summed E-state index contributed by atoms with van der Waals surface area (Å²) in [6.45, 7) is 3.62. The van der Waals surface area contributed by atoms with E-state index in [-0.39, 0.29) is 0 Å². The van der Waals surface area contributed by atoms with E-state index in [2.05, 4.69) is 16.1 Å². The maximum Gasteiger partial charge on any atom is 0.239 e. The number of halogens is 1. The normalized spacial score (nSPS) is 10.9. The van der Waals surface area contributed by atoms with Gasteiger partial charge in [0.2, 0.25) is 11.0 Å². The van der Waals surface area contributed by atoms with E-state index in [1.54, 1.807) is 0 Å². The number of pyridine rings is 2. The highest BCUT2D eigenvalue weighted by Crippen LogP contribution is 2.29. The summed E-state index contributed by atoms with van der Waals surface area (Å²) in [6, 6.07) is 13.8. The van der Waals surface area contributed by atoms with Gasteiger partial charge in [0, 0.05) is 18.2 Å². The molecule has 0 fully saturated rings. The molecule has 0 N–H and O–H groups in total. The number of para-hydroxylation sites is 1. The quantitative estimate of drug-likeness (QED) is 0.352. The van der Waals surface area contributed by atoms with Crippen molar-refractivity contribution < 1.29 is 4.40 Å². The third kappa shape index (κ3) is 1.49. The molecule has 3 rings (SSSR count). The van der Waals surface area contributed by atoms with Crippen LogP contribution < -0.4 is 4.40 Å². The average molecular weight is 242 g/mol. The van der Waals surface area contributed by atoms with E-state index in [0.717, 1.165) is 22.1 Å². The molecule has 0 aliphatic carbocycles. The largest absolute Gasteiger partial charge is 0.264 e. The van der Waals surface area contributed by atoms with Crippen LogP contribution in [0.1, 0.15) is 0 Å². The molecule has 0 aliphatic rings. The van der Waals surface area contributed by atoms with Crippen LogP contribution in [0.15, 0.2) is 53.7 Å². The van der Waals surface area contributed by atoms with Gasteiger partial charge in [0.25, 0.3) is 0 Å². The number of hydrogen-bond acceptors (Lipinski definition) is 1. The predicted molar refractivity (Wildman–Crippen MR) is 71.3 cm³/mol. The lowest BCUT2D eigenvalue weighted by atomic mass is 10.1. The van der Waals surface area contributed by atoms with E-state index in [4.69, 9.17) is 11.6 Å². The second kappa shape index (κ2) is 3.82. The van der Waals surface area contributed by atoms with E-state index in [9.17, 15) is 0 Å². The maximum absolute atomic E-state index is 6.28. The number of nitrogens with zero attached hydrogens (tertiary/aromatic N) is 2. The summed E-state index contributed by atoms with van der Waals surface area (Å²) in [5.41, 5.74) is 2.87. The molecule has 0 radical (unpaired) electrons. The molecule has 0 aliphatic heterocycles. The standard InChI is InChI=1S/C14H10ClN2/c1-16-13-9-10-5-2-3-8-17(10)14-11(13)6-4-7-12(14)15/h2-9H,1H2/q+1. The Hall–Kier alpha value is -1.93. The zero-order valence-corrected chi connectivity index (χ0v) is 9.85. The molecule has 0 unspecified atom stereocenters.